The summed E-state index contributed by atoms with van der Waals surface area (Å²) in [6.07, 6.45) is 0. The highest BCUT2D eigenvalue weighted by molar-refractivity contribution is 5.80. The van der Waals surface area contributed by atoms with E-state index in [0.717, 1.165) is 33.6 Å². The van der Waals surface area contributed by atoms with Gasteiger partial charge in [0.1, 0.15) is 5.75 Å². The minimum absolute atomic E-state index is 0.0468. The smallest absolute Gasteiger partial charge is 0.219 e. The summed E-state index contributed by atoms with van der Waals surface area (Å²) in [4.78, 5) is 15.9. The highest BCUT2D eigenvalue weighted by Gasteiger charge is 2.08. The summed E-state index contributed by atoms with van der Waals surface area (Å²) in [5.74, 6) is 1.21. The molecular weight excluding hydrogens is 374 g/mol. The minimum atomic E-state index is -0.0502. The third-order valence-electron chi connectivity index (χ3n) is 4.75. The van der Waals surface area contributed by atoms with Gasteiger partial charge in [-0.05, 0) is 67.1 Å². The number of hydrogen-bond donors (Lipinski definition) is 2. The molecule has 1 unspecified atom stereocenters. The zero-order valence-corrected chi connectivity index (χ0v) is 16.9. The number of benzene rings is 3. The van der Waals surface area contributed by atoms with Crippen LogP contribution >= 0.6 is 0 Å². The van der Waals surface area contributed by atoms with E-state index >= 15 is 0 Å². The van der Waals surface area contributed by atoms with Crippen molar-refractivity contribution in [2.75, 3.05) is 5.32 Å². The van der Waals surface area contributed by atoms with Crippen molar-refractivity contribution >= 4 is 28.2 Å². The lowest BCUT2D eigenvalue weighted by Gasteiger charge is -2.13. The van der Waals surface area contributed by atoms with E-state index in [2.05, 4.69) is 15.6 Å². The zero-order chi connectivity index (χ0) is 20.9. The van der Waals surface area contributed by atoms with Crippen molar-refractivity contribution in [3.63, 3.8) is 0 Å². The van der Waals surface area contributed by atoms with Gasteiger partial charge in [-0.2, -0.15) is 0 Å². The van der Waals surface area contributed by atoms with Crippen LogP contribution in [0.5, 0.6) is 11.6 Å². The number of nitrogens with one attached hydrogen (secondary N) is 2. The van der Waals surface area contributed by atoms with Gasteiger partial charge in [0, 0.05) is 29.8 Å². The summed E-state index contributed by atoms with van der Waals surface area (Å²) < 4.78 is 5.93. The number of pyridine rings is 1. The van der Waals surface area contributed by atoms with Crippen LogP contribution in [0, 0.1) is 0 Å². The predicted octanol–water partition coefficient (Wildman–Crippen LogP) is 5.97. The summed E-state index contributed by atoms with van der Waals surface area (Å²) >= 11 is 0. The summed E-state index contributed by atoms with van der Waals surface area (Å²) in [6, 6.07) is 27.5. The first kappa shape index (κ1) is 19.5. The molecule has 1 aromatic heterocycles. The molecule has 150 valence electrons. The van der Waals surface area contributed by atoms with Crippen LogP contribution in [0.4, 0.5) is 11.4 Å². The maximum Gasteiger partial charge on any atom is 0.219 e. The fourth-order valence-electron chi connectivity index (χ4n) is 3.25. The molecule has 0 aliphatic rings. The van der Waals surface area contributed by atoms with Gasteiger partial charge < -0.3 is 15.4 Å². The van der Waals surface area contributed by atoms with E-state index in [4.69, 9.17) is 4.74 Å². The Morgan fingerprint density at radius 3 is 2.37 bits per heavy atom. The van der Waals surface area contributed by atoms with E-state index < -0.39 is 0 Å². The topological polar surface area (TPSA) is 63.2 Å². The van der Waals surface area contributed by atoms with E-state index in [-0.39, 0.29) is 11.9 Å². The van der Waals surface area contributed by atoms with Crippen LogP contribution in [-0.2, 0) is 4.79 Å². The Labute approximate surface area is 175 Å². The Bertz CT molecular complexity index is 1160. The molecule has 1 amide bonds. The van der Waals surface area contributed by atoms with Crippen molar-refractivity contribution in [2.24, 2.45) is 0 Å². The number of para-hydroxylation sites is 1. The lowest BCUT2D eigenvalue weighted by atomic mass is 10.1. The van der Waals surface area contributed by atoms with Gasteiger partial charge in [0.2, 0.25) is 11.8 Å². The summed E-state index contributed by atoms with van der Waals surface area (Å²) in [5, 5.41) is 7.25. The van der Waals surface area contributed by atoms with Gasteiger partial charge in [0.15, 0.2) is 0 Å². The average molecular weight is 397 g/mol. The fraction of sp³-hybridized carbons (Fsp3) is 0.120. The van der Waals surface area contributed by atoms with Crippen LogP contribution in [0.3, 0.4) is 0 Å². The number of anilines is 2. The van der Waals surface area contributed by atoms with Crippen molar-refractivity contribution in [3.05, 3.63) is 90.5 Å². The highest BCUT2D eigenvalue weighted by atomic mass is 16.5. The Morgan fingerprint density at radius 2 is 1.63 bits per heavy atom. The molecular formula is C25H23N3O2. The number of nitrogens with zero attached hydrogens (tertiary/aromatic N) is 1. The van der Waals surface area contributed by atoms with Crippen LogP contribution < -0.4 is 15.4 Å². The van der Waals surface area contributed by atoms with Crippen LogP contribution in [0.1, 0.15) is 25.5 Å². The number of ether oxygens (including phenoxy) is 1. The second kappa shape index (κ2) is 8.66. The summed E-state index contributed by atoms with van der Waals surface area (Å²) in [5.41, 5.74) is 3.90. The molecule has 0 aliphatic heterocycles. The largest absolute Gasteiger partial charge is 0.439 e. The molecule has 0 saturated heterocycles. The molecule has 0 fully saturated rings. The molecule has 5 nitrogen and oxygen atoms in total. The molecule has 0 radical (unpaired) electrons. The van der Waals surface area contributed by atoms with Crippen LogP contribution in [0.2, 0.25) is 0 Å². The molecule has 0 saturated carbocycles. The number of hydrogen-bond acceptors (Lipinski definition) is 4. The molecule has 4 rings (SSSR count). The molecule has 4 aromatic rings. The first-order valence-electron chi connectivity index (χ1n) is 9.85. The first-order chi connectivity index (χ1) is 14.6. The standard InChI is InChI=1S/C25H23N3O2/c1-17(26-18(2)29)19-8-14-24-20(16-19)9-15-25(28-24)30-23-12-10-22(11-13-23)27-21-6-4-3-5-7-21/h3-17,27H,1-2H3,(H,26,29). The Morgan fingerprint density at radius 1 is 0.900 bits per heavy atom. The molecule has 30 heavy (non-hydrogen) atoms. The average Bonchev–Trinajstić information content (AvgIpc) is 2.75. The summed E-state index contributed by atoms with van der Waals surface area (Å²) in [6.45, 7) is 3.48. The van der Waals surface area contributed by atoms with E-state index in [9.17, 15) is 4.79 Å². The van der Waals surface area contributed by atoms with Gasteiger partial charge in [-0.15, -0.1) is 0 Å². The van der Waals surface area contributed by atoms with Crippen LogP contribution in [0.15, 0.2) is 84.9 Å². The number of fused-ring (bicyclic) bond motifs is 1. The highest BCUT2D eigenvalue weighted by Crippen LogP contribution is 2.26. The Balaban J connectivity index is 1.46. The van der Waals surface area contributed by atoms with Gasteiger partial charge in [-0.25, -0.2) is 4.98 Å². The Hall–Kier alpha value is -3.86. The van der Waals surface area contributed by atoms with E-state index in [1.807, 2.05) is 91.9 Å². The van der Waals surface area contributed by atoms with E-state index in [1.54, 1.807) is 0 Å². The molecule has 2 N–H and O–H groups in total. The molecule has 1 heterocycles. The van der Waals surface area contributed by atoms with E-state index in [0.29, 0.717) is 5.88 Å². The Kier molecular flexibility index (Phi) is 5.61. The van der Waals surface area contributed by atoms with Gasteiger partial charge in [-0.3, -0.25) is 4.79 Å². The van der Waals surface area contributed by atoms with Crippen LogP contribution in [-0.4, -0.2) is 10.9 Å². The van der Waals surface area contributed by atoms with Crippen molar-refractivity contribution < 1.29 is 9.53 Å². The number of carbonyl (C=O) groups excluding carboxylic acids is 1. The monoisotopic (exact) mass is 397 g/mol. The van der Waals surface area contributed by atoms with Gasteiger partial charge in [0.05, 0.1) is 11.6 Å². The third-order valence-corrected chi connectivity index (χ3v) is 4.75. The third kappa shape index (κ3) is 4.75. The molecule has 0 aliphatic carbocycles. The van der Waals surface area contributed by atoms with Gasteiger partial charge >= 0.3 is 0 Å². The quantitative estimate of drug-likeness (QED) is 0.421. The predicted molar refractivity (Wildman–Crippen MR) is 120 cm³/mol. The van der Waals surface area contributed by atoms with E-state index in [1.165, 1.54) is 6.92 Å². The fourth-order valence-corrected chi connectivity index (χ4v) is 3.25. The van der Waals surface area contributed by atoms with Gasteiger partial charge in [-0.1, -0.05) is 24.3 Å². The first-order valence-corrected chi connectivity index (χ1v) is 9.85. The number of rotatable bonds is 6. The van der Waals surface area contributed by atoms with Crippen molar-refractivity contribution in [2.45, 2.75) is 19.9 Å². The maximum absolute atomic E-state index is 11.3. The second-order valence-electron chi connectivity index (χ2n) is 7.14. The SMILES string of the molecule is CC(=O)NC(C)c1ccc2nc(Oc3ccc(Nc4ccccc4)cc3)ccc2c1. The molecule has 0 spiro atoms. The molecule has 0 bridgehead atoms. The number of amides is 1. The summed E-state index contributed by atoms with van der Waals surface area (Å²) in [7, 11) is 0. The molecule has 1 atom stereocenters. The van der Waals surface area contributed by atoms with Crippen molar-refractivity contribution in [1.82, 2.24) is 10.3 Å². The molecule has 3 aromatic carbocycles. The van der Waals surface area contributed by atoms with Gasteiger partial charge in [0.25, 0.3) is 0 Å². The zero-order valence-electron chi connectivity index (χ0n) is 16.9. The normalized spacial score (nSPS) is 11.7. The second-order valence-corrected chi connectivity index (χ2v) is 7.14. The lowest BCUT2D eigenvalue weighted by Crippen LogP contribution is -2.23. The number of aromatic nitrogens is 1. The lowest BCUT2D eigenvalue weighted by molar-refractivity contribution is -0.119. The minimum Gasteiger partial charge on any atom is -0.439 e. The van der Waals surface area contributed by atoms with Crippen molar-refractivity contribution in [3.8, 4) is 11.6 Å². The maximum atomic E-state index is 11.3. The van der Waals surface area contributed by atoms with Crippen molar-refractivity contribution in [1.29, 1.82) is 0 Å². The molecule has 5 heteroatoms. The number of carbonyl (C=O) groups is 1. The van der Waals surface area contributed by atoms with Crippen LogP contribution in [0.25, 0.3) is 10.9 Å².